The normalized spacial score (nSPS) is 14.1. The second kappa shape index (κ2) is 16.8. The van der Waals surface area contributed by atoms with Crippen LogP contribution in [-0.2, 0) is 32.9 Å². The molecule has 0 aliphatic heterocycles. The van der Waals surface area contributed by atoms with Crippen LogP contribution in [0, 0.1) is 30.7 Å². The van der Waals surface area contributed by atoms with Crippen molar-refractivity contribution in [3.05, 3.63) is 175 Å². The van der Waals surface area contributed by atoms with Gasteiger partial charge in [-0.1, -0.05) is 150 Å². The zero-order valence-corrected chi connectivity index (χ0v) is 35.0. The van der Waals surface area contributed by atoms with E-state index in [1.54, 1.807) is 30.6 Å². The van der Waals surface area contributed by atoms with Crippen molar-refractivity contribution in [1.29, 1.82) is 0 Å². The largest absolute Gasteiger partial charge is 0.501 e. The summed E-state index contributed by atoms with van der Waals surface area (Å²) < 4.78 is 63.8. The molecule has 4 heteroatoms. The van der Waals surface area contributed by atoms with E-state index in [0.29, 0.717) is 27.9 Å². The van der Waals surface area contributed by atoms with Gasteiger partial charge in [0.2, 0.25) is 0 Å². The standard InChI is InChI=1S/C28H24NO.C24H26N.Ir/c1-28(2,3)18-19-11-13-20(14-12-19)21-15-16-29-25(17-21)24-9-6-8-23-22-7-4-5-10-26(22)30-27(23)24;1-17-13-18(2)22(14-21(17)20-9-7-6-8-10-20)23-12-11-19(16-25-23)15-24(3,4)5;/h4-8,10-17H,18H2,1-3H3;6-14,16H,2,15H2,1,3-5H3;/q2*-1;/i18D2;1D3,15D2;. The first-order chi connectivity index (χ1) is 29.1. The topological polar surface area (TPSA) is 38.9 Å². The maximum Gasteiger partial charge on any atom is 0.120 e. The molecular formula is C52H50IrN2O-2. The summed E-state index contributed by atoms with van der Waals surface area (Å²) in [6, 6.07) is 43.3. The molecule has 3 aromatic heterocycles. The minimum absolute atomic E-state index is 0. The maximum atomic E-state index is 8.51. The number of rotatable bonds is 6. The summed E-state index contributed by atoms with van der Waals surface area (Å²) in [5.74, 6) is 0. The van der Waals surface area contributed by atoms with E-state index in [-0.39, 0.29) is 25.7 Å². The summed E-state index contributed by atoms with van der Waals surface area (Å²) in [6.45, 7) is 13.1. The zero-order valence-electron chi connectivity index (χ0n) is 39.6. The van der Waals surface area contributed by atoms with Gasteiger partial charge in [-0.3, -0.25) is 4.98 Å². The average molecular weight is 918 g/mol. The van der Waals surface area contributed by atoms with Crippen LogP contribution >= 0.6 is 0 Å². The Labute approximate surface area is 356 Å². The number of aromatic nitrogens is 2. The van der Waals surface area contributed by atoms with Crippen molar-refractivity contribution in [3.63, 3.8) is 0 Å². The molecule has 0 atom stereocenters. The number of furan rings is 1. The summed E-state index contributed by atoms with van der Waals surface area (Å²) in [6.07, 6.45) is 0.398. The van der Waals surface area contributed by atoms with Crippen molar-refractivity contribution in [3.8, 4) is 44.8 Å². The van der Waals surface area contributed by atoms with Gasteiger partial charge >= 0.3 is 0 Å². The molecule has 1 radical (unpaired) electrons. The Morgan fingerprint density at radius 2 is 1.36 bits per heavy atom. The molecule has 8 aromatic rings. The molecule has 56 heavy (non-hydrogen) atoms. The van der Waals surface area contributed by atoms with Gasteiger partial charge in [-0.15, -0.1) is 29.8 Å². The molecule has 3 nitrogen and oxygen atoms in total. The van der Waals surface area contributed by atoms with Gasteiger partial charge in [-0.05, 0) is 80.8 Å². The second-order valence-electron chi connectivity index (χ2n) is 15.8. The Morgan fingerprint density at radius 3 is 2.05 bits per heavy atom. The third-order valence-corrected chi connectivity index (χ3v) is 8.98. The van der Waals surface area contributed by atoms with Gasteiger partial charge in [0.1, 0.15) is 5.58 Å². The molecule has 8 rings (SSSR count). The van der Waals surface area contributed by atoms with Gasteiger partial charge in [0.05, 0.1) is 5.58 Å². The Kier molecular flexibility index (Phi) is 9.58. The molecule has 0 spiro atoms. The predicted molar refractivity (Wildman–Crippen MR) is 232 cm³/mol. The van der Waals surface area contributed by atoms with E-state index in [4.69, 9.17) is 14.0 Å². The third-order valence-electron chi connectivity index (χ3n) is 8.98. The molecule has 285 valence electrons. The molecule has 0 fully saturated rings. The Balaban J connectivity index is 0.000000207. The molecule has 0 unspecified atom stereocenters. The molecular weight excluding hydrogens is 861 g/mol. The molecule has 3 heterocycles. The van der Waals surface area contributed by atoms with Crippen LogP contribution in [-0.4, -0.2) is 9.97 Å². The molecule has 5 aromatic carbocycles. The summed E-state index contributed by atoms with van der Waals surface area (Å²) in [7, 11) is 0. The van der Waals surface area contributed by atoms with E-state index in [9.17, 15) is 0 Å². The second-order valence-corrected chi connectivity index (χ2v) is 15.8. The average Bonchev–Trinajstić information content (AvgIpc) is 3.62. The van der Waals surface area contributed by atoms with Crippen LogP contribution in [0.2, 0.25) is 0 Å². The first-order valence-electron chi connectivity index (χ1n) is 22.0. The van der Waals surface area contributed by atoms with Crippen LogP contribution in [0.5, 0.6) is 0 Å². The Morgan fingerprint density at radius 1 is 0.661 bits per heavy atom. The number of nitrogens with zero attached hydrogens (tertiary/aromatic N) is 2. The fraction of sp³-hybridized carbons (Fsp3) is 0.212. The van der Waals surface area contributed by atoms with Crippen molar-refractivity contribution >= 4 is 21.9 Å². The van der Waals surface area contributed by atoms with Crippen molar-refractivity contribution in [1.82, 2.24) is 9.97 Å². The minimum atomic E-state index is -2.27. The van der Waals surface area contributed by atoms with E-state index in [1.165, 1.54) is 0 Å². The quantitative estimate of drug-likeness (QED) is 0.156. The van der Waals surface area contributed by atoms with Crippen molar-refractivity contribution in [2.24, 2.45) is 10.8 Å². The van der Waals surface area contributed by atoms with Gasteiger partial charge in [-0.2, -0.15) is 18.6 Å². The summed E-state index contributed by atoms with van der Waals surface area (Å²) >= 11 is 0. The van der Waals surface area contributed by atoms with Crippen molar-refractivity contribution in [2.75, 3.05) is 0 Å². The summed E-state index contributed by atoms with van der Waals surface area (Å²) in [5.41, 5.74) is 9.02. The van der Waals surface area contributed by atoms with E-state index in [0.717, 1.165) is 55.4 Å². The predicted octanol–water partition coefficient (Wildman–Crippen LogP) is 14.2. The summed E-state index contributed by atoms with van der Waals surface area (Å²) in [4.78, 5) is 9.09. The number of aryl methyl sites for hydroxylation is 1. The van der Waals surface area contributed by atoms with E-state index in [1.807, 2.05) is 145 Å². The van der Waals surface area contributed by atoms with Crippen LogP contribution < -0.4 is 0 Å². The van der Waals surface area contributed by atoms with Gasteiger partial charge in [0, 0.05) is 53.2 Å². The summed E-state index contributed by atoms with van der Waals surface area (Å²) in [5, 5.41) is 2.13. The first-order valence-corrected chi connectivity index (χ1v) is 18.5. The monoisotopic (exact) mass is 918 g/mol. The molecule has 0 amide bonds. The van der Waals surface area contributed by atoms with Gasteiger partial charge in [0.15, 0.2) is 0 Å². The van der Waals surface area contributed by atoms with Crippen LogP contribution in [0.15, 0.2) is 144 Å². The molecule has 0 bridgehead atoms. The van der Waals surface area contributed by atoms with E-state index < -0.39 is 30.4 Å². The molecule has 0 saturated heterocycles. The SMILES string of the molecule is [2H]C([2H])([2H])c1cc([CH2-])c(-c2ccc(C([2H])([2H])C(C)(C)C)cn2)cc1-c1ccccc1.[2H]C([2H])(c1ccc(-c2ccnc(-c3[c-]ccc4c3oc3ccccc34)c2)cc1)C(C)(C)C.[Ir]. The number of hydrogen-bond acceptors (Lipinski definition) is 3. The van der Waals surface area contributed by atoms with Gasteiger partial charge in [0.25, 0.3) is 0 Å². The van der Waals surface area contributed by atoms with E-state index >= 15 is 0 Å². The first kappa shape index (κ1) is 31.9. The van der Waals surface area contributed by atoms with E-state index in [2.05, 4.69) is 29.0 Å². The Bertz CT molecular complexity index is 2860. The van der Waals surface area contributed by atoms with Gasteiger partial charge < -0.3 is 9.40 Å². The van der Waals surface area contributed by atoms with Crippen molar-refractivity contribution in [2.45, 2.75) is 61.1 Å². The number of pyridine rings is 2. The smallest absolute Gasteiger partial charge is 0.120 e. The van der Waals surface area contributed by atoms with Crippen LogP contribution in [0.3, 0.4) is 0 Å². The van der Waals surface area contributed by atoms with Crippen LogP contribution in [0.1, 0.15) is 73.4 Å². The Hall–Kier alpha value is -5.28. The number of hydrogen-bond donors (Lipinski definition) is 0. The molecule has 0 saturated carbocycles. The minimum Gasteiger partial charge on any atom is -0.501 e. The molecule has 0 N–H and O–H groups in total. The van der Waals surface area contributed by atoms with Crippen molar-refractivity contribution < 1.29 is 34.1 Å². The van der Waals surface area contributed by atoms with Crippen LogP contribution in [0.25, 0.3) is 66.7 Å². The number of benzene rings is 5. The maximum absolute atomic E-state index is 8.51. The third kappa shape index (κ3) is 9.56. The fourth-order valence-electron chi connectivity index (χ4n) is 6.61. The fourth-order valence-corrected chi connectivity index (χ4v) is 6.61. The number of fused-ring (bicyclic) bond motifs is 3. The van der Waals surface area contributed by atoms with Gasteiger partial charge in [-0.25, -0.2) is 0 Å². The molecule has 0 aliphatic rings. The zero-order chi connectivity index (χ0) is 44.8. The number of para-hydroxylation sites is 1. The van der Waals surface area contributed by atoms with Crippen LogP contribution in [0.4, 0.5) is 0 Å². The molecule has 0 aliphatic carbocycles.